The summed E-state index contributed by atoms with van der Waals surface area (Å²) in [6.45, 7) is 6.32. The molecule has 1 saturated heterocycles. The monoisotopic (exact) mass is 254 g/mol. The zero-order chi connectivity index (χ0) is 12.8. The van der Waals surface area contributed by atoms with Crippen LogP contribution in [0.5, 0.6) is 0 Å². The molecule has 0 radical (unpaired) electrons. The summed E-state index contributed by atoms with van der Waals surface area (Å²) in [5.74, 6) is 0. The summed E-state index contributed by atoms with van der Waals surface area (Å²) >= 11 is 0. The van der Waals surface area contributed by atoms with Crippen molar-refractivity contribution >= 4 is 0 Å². The lowest BCUT2D eigenvalue weighted by atomic mass is 10.1. The Morgan fingerprint density at radius 3 is 2.78 bits per heavy atom. The maximum absolute atomic E-state index is 5.78. The van der Waals surface area contributed by atoms with Crippen molar-refractivity contribution in [3.63, 3.8) is 0 Å². The van der Waals surface area contributed by atoms with Crippen LogP contribution < -0.4 is 5.73 Å². The van der Waals surface area contributed by atoms with Crippen LogP contribution in [0.1, 0.15) is 30.7 Å². The Bertz CT molecular complexity index is 348. The number of ether oxygens (including phenoxy) is 1. The lowest BCUT2D eigenvalue weighted by Gasteiger charge is -2.31. The molecule has 6 nitrogen and oxygen atoms in total. The van der Waals surface area contributed by atoms with E-state index in [1.54, 1.807) is 0 Å². The summed E-state index contributed by atoms with van der Waals surface area (Å²) in [7, 11) is 0. The SMILES string of the molecule is Cc1nonc1CN1CCC(OCCCN)CC1. The van der Waals surface area contributed by atoms with E-state index in [1.807, 2.05) is 6.92 Å². The zero-order valence-corrected chi connectivity index (χ0v) is 11.0. The van der Waals surface area contributed by atoms with Gasteiger partial charge in [-0.1, -0.05) is 10.3 Å². The van der Waals surface area contributed by atoms with Gasteiger partial charge >= 0.3 is 0 Å². The Morgan fingerprint density at radius 2 is 2.17 bits per heavy atom. The van der Waals surface area contributed by atoms with Crippen LogP contribution in [-0.4, -0.2) is 47.6 Å². The summed E-state index contributed by atoms with van der Waals surface area (Å²) in [5, 5.41) is 7.71. The molecule has 2 heterocycles. The molecule has 0 unspecified atom stereocenters. The zero-order valence-electron chi connectivity index (χ0n) is 11.0. The van der Waals surface area contributed by atoms with Crippen LogP contribution >= 0.6 is 0 Å². The molecule has 0 saturated carbocycles. The molecule has 0 amide bonds. The van der Waals surface area contributed by atoms with Gasteiger partial charge in [0.25, 0.3) is 0 Å². The predicted octanol–water partition coefficient (Wildman–Crippen LogP) is 0.708. The minimum atomic E-state index is 0.393. The first-order valence-corrected chi connectivity index (χ1v) is 6.61. The van der Waals surface area contributed by atoms with Crippen molar-refractivity contribution in [1.82, 2.24) is 15.2 Å². The topological polar surface area (TPSA) is 77.4 Å². The Hall–Kier alpha value is -0.980. The number of nitrogens with two attached hydrogens (primary N) is 1. The summed E-state index contributed by atoms with van der Waals surface area (Å²) in [6, 6.07) is 0. The molecule has 0 spiro atoms. The summed E-state index contributed by atoms with van der Waals surface area (Å²) in [6.07, 6.45) is 3.50. The van der Waals surface area contributed by atoms with Crippen molar-refractivity contribution in [3.8, 4) is 0 Å². The van der Waals surface area contributed by atoms with E-state index >= 15 is 0 Å². The quantitative estimate of drug-likeness (QED) is 0.753. The molecule has 18 heavy (non-hydrogen) atoms. The molecule has 2 N–H and O–H groups in total. The summed E-state index contributed by atoms with van der Waals surface area (Å²) < 4.78 is 10.5. The number of aromatic nitrogens is 2. The van der Waals surface area contributed by atoms with E-state index in [4.69, 9.17) is 15.1 Å². The third-order valence-electron chi connectivity index (χ3n) is 3.36. The highest BCUT2D eigenvalue weighted by molar-refractivity contribution is 5.04. The van der Waals surface area contributed by atoms with Gasteiger partial charge in [0.2, 0.25) is 0 Å². The first-order valence-electron chi connectivity index (χ1n) is 6.61. The molecular formula is C12H22N4O2. The van der Waals surface area contributed by atoms with Crippen molar-refractivity contribution in [1.29, 1.82) is 0 Å². The maximum Gasteiger partial charge on any atom is 0.122 e. The van der Waals surface area contributed by atoms with Crippen molar-refractivity contribution in [2.24, 2.45) is 5.73 Å². The van der Waals surface area contributed by atoms with E-state index in [1.165, 1.54) is 0 Å². The van der Waals surface area contributed by atoms with Crippen LogP contribution in [0.2, 0.25) is 0 Å². The van der Waals surface area contributed by atoms with E-state index in [-0.39, 0.29) is 0 Å². The lowest BCUT2D eigenvalue weighted by Crippen LogP contribution is -2.37. The van der Waals surface area contributed by atoms with Gasteiger partial charge in [-0.05, 0) is 32.7 Å². The molecule has 0 bridgehead atoms. The van der Waals surface area contributed by atoms with Gasteiger partial charge in [0.1, 0.15) is 11.4 Å². The first kappa shape index (κ1) is 13.5. The predicted molar refractivity (Wildman–Crippen MR) is 67.0 cm³/mol. The molecule has 2 rings (SSSR count). The first-order chi connectivity index (χ1) is 8.79. The van der Waals surface area contributed by atoms with Gasteiger partial charge in [-0.25, -0.2) is 4.63 Å². The number of nitrogens with zero attached hydrogens (tertiary/aromatic N) is 3. The lowest BCUT2D eigenvalue weighted by molar-refractivity contribution is 0.00522. The fraction of sp³-hybridized carbons (Fsp3) is 0.833. The van der Waals surface area contributed by atoms with Crippen molar-refractivity contribution in [2.75, 3.05) is 26.2 Å². The standard InChI is InChI=1S/C12H22N4O2/c1-10-12(15-18-14-10)9-16-6-3-11(4-7-16)17-8-2-5-13/h11H,2-9,13H2,1H3. The molecule has 1 fully saturated rings. The number of piperidine rings is 1. The van der Waals surface area contributed by atoms with Crippen LogP contribution in [0.3, 0.4) is 0 Å². The second kappa shape index (κ2) is 6.82. The Morgan fingerprint density at radius 1 is 1.39 bits per heavy atom. The van der Waals surface area contributed by atoms with E-state index in [2.05, 4.69) is 15.2 Å². The van der Waals surface area contributed by atoms with Crippen molar-refractivity contribution in [3.05, 3.63) is 11.4 Å². The molecular weight excluding hydrogens is 232 g/mol. The number of rotatable bonds is 6. The molecule has 1 aromatic rings. The highest BCUT2D eigenvalue weighted by Crippen LogP contribution is 2.16. The molecule has 6 heteroatoms. The summed E-state index contributed by atoms with van der Waals surface area (Å²) in [5.41, 5.74) is 7.27. The number of hydrogen-bond donors (Lipinski definition) is 1. The minimum absolute atomic E-state index is 0.393. The highest BCUT2D eigenvalue weighted by atomic mass is 16.6. The largest absolute Gasteiger partial charge is 0.378 e. The smallest absolute Gasteiger partial charge is 0.122 e. The van der Waals surface area contributed by atoms with E-state index in [9.17, 15) is 0 Å². The van der Waals surface area contributed by atoms with Gasteiger partial charge in [-0.3, -0.25) is 4.90 Å². The van der Waals surface area contributed by atoms with Gasteiger partial charge in [-0.2, -0.15) is 0 Å². The van der Waals surface area contributed by atoms with Gasteiger partial charge in [0.15, 0.2) is 0 Å². The van der Waals surface area contributed by atoms with Crippen LogP contribution in [0.15, 0.2) is 4.63 Å². The third kappa shape index (κ3) is 3.76. The fourth-order valence-electron chi connectivity index (χ4n) is 2.17. The van der Waals surface area contributed by atoms with Gasteiger partial charge in [0, 0.05) is 26.2 Å². The van der Waals surface area contributed by atoms with Crippen LogP contribution in [0.25, 0.3) is 0 Å². The van der Waals surface area contributed by atoms with Crippen molar-refractivity contribution in [2.45, 2.75) is 38.8 Å². The average Bonchev–Trinajstić information content (AvgIpc) is 2.78. The molecule has 102 valence electrons. The highest BCUT2D eigenvalue weighted by Gasteiger charge is 2.21. The molecule has 0 aromatic carbocycles. The van der Waals surface area contributed by atoms with E-state index < -0.39 is 0 Å². The fourth-order valence-corrected chi connectivity index (χ4v) is 2.17. The molecule has 1 aromatic heterocycles. The number of aryl methyl sites for hydroxylation is 1. The van der Waals surface area contributed by atoms with Crippen LogP contribution in [0, 0.1) is 6.92 Å². The minimum Gasteiger partial charge on any atom is -0.378 e. The number of hydrogen-bond acceptors (Lipinski definition) is 6. The van der Waals surface area contributed by atoms with Crippen LogP contribution in [-0.2, 0) is 11.3 Å². The Balaban J connectivity index is 1.69. The van der Waals surface area contributed by atoms with E-state index in [0.29, 0.717) is 12.6 Å². The molecule has 1 aliphatic rings. The Kier molecular flexibility index (Phi) is 5.10. The molecule has 1 aliphatic heterocycles. The maximum atomic E-state index is 5.78. The van der Waals surface area contributed by atoms with Gasteiger partial charge in [0.05, 0.1) is 6.10 Å². The molecule has 0 atom stereocenters. The third-order valence-corrected chi connectivity index (χ3v) is 3.36. The Labute approximate surface area is 107 Å². The van der Waals surface area contributed by atoms with E-state index in [0.717, 1.165) is 56.9 Å². The van der Waals surface area contributed by atoms with Gasteiger partial charge < -0.3 is 10.5 Å². The average molecular weight is 254 g/mol. The van der Waals surface area contributed by atoms with Crippen LogP contribution in [0.4, 0.5) is 0 Å². The van der Waals surface area contributed by atoms with Gasteiger partial charge in [-0.15, -0.1) is 0 Å². The second-order valence-electron chi connectivity index (χ2n) is 4.78. The molecule has 0 aliphatic carbocycles. The number of likely N-dealkylation sites (tertiary alicyclic amines) is 1. The second-order valence-corrected chi connectivity index (χ2v) is 4.78. The van der Waals surface area contributed by atoms with Crippen molar-refractivity contribution < 1.29 is 9.37 Å². The summed E-state index contributed by atoms with van der Waals surface area (Å²) in [4.78, 5) is 2.37. The normalized spacial score (nSPS) is 18.3.